The molecule has 2 N–H and O–H groups in total. The summed E-state index contributed by atoms with van der Waals surface area (Å²) in [5, 5.41) is 3.24. The van der Waals surface area contributed by atoms with Crippen molar-refractivity contribution in [3.05, 3.63) is 24.3 Å². The van der Waals surface area contributed by atoms with Crippen molar-refractivity contribution in [2.75, 3.05) is 19.7 Å². The lowest BCUT2D eigenvalue weighted by molar-refractivity contribution is 0.314. The first kappa shape index (κ1) is 17.9. The second-order valence-corrected chi connectivity index (χ2v) is 7.61. The van der Waals surface area contributed by atoms with Crippen molar-refractivity contribution < 1.29 is 13.2 Å². The fourth-order valence-electron chi connectivity index (χ4n) is 1.72. The molecule has 0 spiro atoms. The highest BCUT2D eigenvalue weighted by Gasteiger charge is 2.21. The Balaban J connectivity index is 2.57. The van der Waals surface area contributed by atoms with Gasteiger partial charge in [-0.3, -0.25) is 0 Å². The van der Waals surface area contributed by atoms with E-state index < -0.39 is 15.6 Å². The van der Waals surface area contributed by atoms with Gasteiger partial charge in [0.1, 0.15) is 12.4 Å². The van der Waals surface area contributed by atoms with E-state index in [1.165, 1.54) is 0 Å². The van der Waals surface area contributed by atoms with Crippen LogP contribution in [0.2, 0.25) is 0 Å². The summed E-state index contributed by atoms with van der Waals surface area (Å²) in [4.78, 5) is 0.244. The van der Waals surface area contributed by atoms with Crippen molar-refractivity contribution in [3.63, 3.8) is 0 Å². The molecule has 1 aromatic carbocycles. The summed E-state index contributed by atoms with van der Waals surface area (Å²) in [5.74, 6) is 0.669. The van der Waals surface area contributed by atoms with Crippen LogP contribution in [0.1, 0.15) is 34.1 Å². The van der Waals surface area contributed by atoms with E-state index in [1.54, 1.807) is 24.3 Å². The summed E-state index contributed by atoms with van der Waals surface area (Å²) in [6.45, 7) is 9.85. The average Bonchev–Trinajstić information content (AvgIpc) is 2.36. The van der Waals surface area contributed by atoms with E-state index in [2.05, 4.69) is 17.0 Å². The zero-order valence-corrected chi connectivity index (χ0v) is 14.1. The van der Waals surface area contributed by atoms with Gasteiger partial charge in [-0.1, -0.05) is 6.92 Å². The molecule has 0 aromatic heterocycles. The molecule has 0 amide bonds. The van der Waals surface area contributed by atoms with E-state index in [4.69, 9.17) is 4.74 Å². The van der Waals surface area contributed by atoms with Gasteiger partial charge < -0.3 is 10.1 Å². The molecule has 1 rings (SSSR count). The van der Waals surface area contributed by atoms with Gasteiger partial charge in [-0.15, -0.1) is 0 Å². The molecule has 120 valence electrons. The number of sulfonamides is 1. The predicted octanol–water partition coefficient (Wildman–Crippen LogP) is 2.14. The zero-order valence-electron chi connectivity index (χ0n) is 13.3. The SMILES string of the molecule is CCCNCCOc1ccc(S(=O)(=O)NC(C)(C)C)cc1. The lowest BCUT2D eigenvalue weighted by atomic mass is 10.1. The Labute approximate surface area is 128 Å². The van der Waals surface area contributed by atoms with Crippen molar-refractivity contribution in [2.24, 2.45) is 0 Å². The van der Waals surface area contributed by atoms with Gasteiger partial charge in [0.2, 0.25) is 10.0 Å². The van der Waals surface area contributed by atoms with Crippen LogP contribution in [0.4, 0.5) is 0 Å². The van der Waals surface area contributed by atoms with E-state index in [-0.39, 0.29) is 4.90 Å². The van der Waals surface area contributed by atoms with Gasteiger partial charge >= 0.3 is 0 Å². The summed E-state index contributed by atoms with van der Waals surface area (Å²) in [5.41, 5.74) is -0.501. The van der Waals surface area contributed by atoms with Gasteiger partial charge in [-0.25, -0.2) is 13.1 Å². The molecule has 21 heavy (non-hydrogen) atoms. The molecule has 0 saturated heterocycles. The third-order valence-corrected chi connectivity index (χ3v) is 4.32. The first-order valence-corrected chi connectivity index (χ1v) is 8.70. The summed E-state index contributed by atoms with van der Waals surface area (Å²) >= 11 is 0. The van der Waals surface area contributed by atoms with Crippen molar-refractivity contribution in [3.8, 4) is 5.75 Å². The van der Waals surface area contributed by atoms with E-state index in [0.717, 1.165) is 19.5 Å². The maximum atomic E-state index is 12.1. The molecule has 0 fully saturated rings. The first-order valence-electron chi connectivity index (χ1n) is 7.22. The maximum Gasteiger partial charge on any atom is 0.241 e. The van der Waals surface area contributed by atoms with Crippen LogP contribution >= 0.6 is 0 Å². The quantitative estimate of drug-likeness (QED) is 0.722. The Morgan fingerprint density at radius 2 is 1.71 bits per heavy atom. The highest BCUT2D eigenvalue weighted by atomic mass is 32.2. The van der Waals surface area contributed by atoms with Crippen molar-refractivity contribution in [2.45, 2.75) is 44.6 Å². The smallest absolute Gasteiger partial charge is 0.241 e. The van der Waals surface area contributed by atoms with Crippen LogP contribution in [0.5, 0.6) is 5.75 Å². The second kappa shape index (κ2) is 7.77. The Morgan fingerprint density at radius 3 is 2.24 bits per heavy atom. The summed E-state index contributed by atoms with van der Waals surface area (Å²) < 4.78 is 32.4. The first-order chi connectivity index (χ1) is 9.74. The molecule has 0 unspecified atom stereocenters. The van der Waals surface area contributed by atoms with Crippen LogP contribution in [0.25, 0.3) is 0 Å². The maximum absolute atomic E-state index is 12.1. The molecule has 1 aromatic rings. The molecule has 0 bridgehead atoms. The van der Waals surface area contributed by atoms with E-state index in [9.17, 15) is 8.42 Å². The third-order valence-electron chi connectivity index (χ3n) is 2.55. The van der Waals surface area contributed by atoms with Crippen LogP contribution in [0, 0.1) is 0 Å². The third kappa shape index (κ3) is 6.93. The van der Waals surface area contributed by atoms with Crippen LogP contribution in [-0.4, -0.2) is 33.7 Å². The minimum atomic E-state index is -3.49. The molecule has 0 heterocycles. The van der Waals surface area contributed by atoms with E-state index >= 15 is 0 Å². The number of nitrogens with one attached hydrogen (secondary N) is 2. The van der Waals surface area contributed by atoms with Gasteiger partial charge in [-0.2, -0.15) is 0 Å². The standard InChI is InChI=1S/C15H26N2O3S/c1-5-10-16-11-12-20-13-6-8-14(9-7-13)21(18,19)17-15(2,3)4/h6-9,16-17H,5,10-12H2,1-4H3. The van der Waals surface area contributed by atoms with Crippen molar-refractivity contribution in [1.82, 2.24) is 10.0 Å². The van der Waals surface area contributed by atoms with Gasteiger partial charge in [0.25, 0.3) is 0 Å². The number of hydrogen-bond donors (Lipinski definition) is 2. The fraction of sp³-hybridized carbons (Fsp3) is 0.600. The molecule has 0 aliphatic carbocycles. The Bertz CT molecular complexity index is 519. The number of benzene rings is 1. The van der Waals surface area contributed by atoms with Crippen LogP contribution in [-0.2, 0) is 10.0 Å². The molecule has 0 atom stereocenters. The number of rotatable bonds is 8. The zero-order chi connectivity index (χ0) is 15.9. The lowest BCUT2D eigenvalue weighted by Gasteiger charge is -2.20. The topological polar surface area (TPSA) is 67.4 Å². The molecule has 6 heteroatoms. The normalized spacial score (nSPS) is 12.4. The summed E-state index contributed by atoms with van der Waals surface area (Å²) in [6, 6.07) is 6.47. The Hall–Kier alpha value is -1.11. The average molecular weight is 314 g/mol. The Morgan fingerprint density at radius 1 is 1.10 bits per heavy atom. The van der Waals surface area contributed by atoms with Crippen LogP contribution < -0.4 is 14.8 Å². The van der Waals surface area contributed by atoms with E-state index in [0.29, 0.717) is 12.4 Å². The van der Waals surface area contributed by atoms with Crippen LogP contribution in [0.3, 0.4) is 0 Å². The molecule has 0 aliphatic heterocycles. The highest BCUT2D eigenvalue weighted by Crippen LogP contribution is 2.17. The minimum absolute atomic E-state index is 0.244. The monoisotopic (exact) mass is 314 g/mol. The van der Waals surface area contributed by atoms with Crippen molar-refractivity contribution >= 4 is 10.0 Å². The van der Waals surface area contributed by atoms with Gasteiger partial charge in [0, 0.05) is 12.1 Å². The molecular weight excluding hydrogens is 288 g/mol. The van der Waals surface area contributed by atoms with Crippen LogP contribution in [0.15, 0.2) is 29.2 Å². The van der Waals surface area contributed by atoms with Crippen molar-refractivity contribution in [1.29, 1.82) is 0 Å². The largest absolute Gasteiger partial charge is 0.492 e. The van der Waals surface area contributed by atoms with E-state index in [1.807, 2.05) is 20.8 Å². The summed E-state index contributed by atoms with van der Waals surface area (Å²) in [7, 11) is -3.49. The van der Waals surface area contributed by atoms with Gasteiger partial charge in [0.05, 0.1) is 4.90 Å². The highest BCUT2D eigenvalue weighted by molar-refractivity contribution is 7.89. The number of hydrogen-bond acceptors (Lipinski definition) is 4. The lowest BCUT2D eigenvalue weighted by Crippen LogP contribution is -2.40. The fourth-order valence-corrected chi connectivity index (χ4v) is 3.14. The molecule has 0 saturated carbocycles. The minimum Gasteiger partial charge on any atom is -0.492 e. The summed E-state index contributed by atoms with van der Waals surface area (Å²) in [6.07, 6.45) is 1.09. The van der Waals surface area contributed by atoms with Gasteiger partial charge in [0.15, 0.2) is 0 Å². The molecule has 0 radical (unpaired) electrons. The molecular formula is C15H26N2O3S. The predicted molar refractivity (Wildman–Crippen MR) is 85.2 cm³/mol. The molecule has 5 nitrogen and oxygen atoms in total. The number of ether oxygens (including phenoxy) is 1. The Kier molecular flexibility index (Phi) is 6.64. The van der Waals surface area contributed by atoms with Gasteiger partial charge in [-0.05, 0) is 58.0 Å². The second-order valence-electron chi connectivity index (χ2n) is 5.93. The molecule has 0 aliphatic rings.